The normalized spacial score (nSPS) is 20.1. The maximum atomic E-state index is 12.3. The number of hydrogen-bond donors (Lipinski definition) is 2. The van der Waals surface area contributed by atoms with Gasteiger partial charge < -0.3 is 29.5 Å². The summed E-state index contributed by atoms with van der Waals surface area (Å²) in [5.41, 5.74) is 1.72. The first-order valence-electron chi connectivity index (χ1n) is 12.5. The lowest BCUT2D eigenvalue weighted by Gasteiger charge is -2.37. The van der Waals surface area contributed by atoms with Crippen LogP contribution in [0.4, 0.5) is 17.5 Å². The Bertz CT molecular complexity index is 1430. The van der Waals surface area contributed by atoms with Gasteiger partial charge in [0.25, 0.3) is 0 Å². The molecule has 2 fully saturated rings. The van der Waals surface area contributed by atoms with Crippen molar-refractivity contribution in [3.8, 4) is 11.4 Å². The Morgan fingerprint density at radius 1 is 0.892 bits per heavy atom. The minimum Gasteiger partial charge on any atom is -0.508 e. The Morgan fingerprint density at radius 2 is 1.59 bits per heavy atom. The van der Waals surface area contributed by atoms with E-state index in [1.165, 1.54) is 0 Å². The van der Waals surface area contributed by atoms with Crippen molar-refractivity contribution in [3.05, 3.63) is 61.1 Å². The molecule has 2 N–H and O–H groups in total. The SMILES string of the molecule is CC1(C(=O)O)CCCN1c1nc(N2CCN(c3ccc(O)cc3)CC2)nc2c1ccn2-c1ccncc1. The lowest BCUT2D eigenvalue weighted by Crippen LogP contribution is -2.49. The van der Waals surface area contributed by atoms with Crippen LogP contribution in [0.25, 0.3) is 16.7 Å². The van der Waals surface area contributed by atoms with Crippen LogP contribution in [0.2, 0.25) is 0 Å². The summed E-state index contributed by atoms with van der Waals surface area (Å²) in [4.78, 5) is 32.8. The number of phenolic OH excluding ortho intramolecular Hbond substituents is 1. The fraction of sp³-hybridized carbons (Fsp3) is 0.333. The first-order valence-corrected chi connectivity index (χ1v) is 12.5. The van der Waals surface area contributed by atoms with Gasteiger partial charge in [0.2, 0.25) is 5.95 Å². The molecule has 2 aliphatic rings. The third-order valence-electron chi connectivity index (χ3n) is 7.59. The number of fused-ring (bicyclic) bond motifs is 1. The summed E-state index contributed by atoms with van der Waals surface area (Å²) in [7, 11) is 0. The van der Waals surface area contributed by atoms with Gasteiger partial charge in [0, 0.05) is 57.0 Å². The minimum absolute atomic E-state index is 0.254. The van der Waals surface area contributed by atoms with Crippen LogP contribution < -0.4 is 14.7 Å². The number of hydrogen-bond acceptors (Lipinski definition) is 8. The molecule has 2 saturated heterocycles. The number of benzene rings is 1. The van der Waals surface area contributed by atoms with Crippen molar-refractivity contribution in [3.63, 3.8) is 0 Å². The van der Waals surface area contributed by atoms with Crippen molar-refractivity contribution in [1.29, 1.82) is 0 Å². The molecule has 1 aromatic carbocycles. The average molecular weight is 500 g/mol. The second-order valence-corrected chi connectivity index (χ2v) is 9.80. The Hall–Kier alpha value is -4.34. The lowest BCUT2D eigenvalue weighted by atomic mass is 9.99. The third-order valence-corrected chi connectivity index (χ3v) is 7.59. The van der Waals surface area contributed by atoms with Crippen molar-refractivity contribution in [1.82, 2.24) is 19.5 Å². The fourth-order valence-corrected chi connectivity index (χ4v) is 5.40. The maximum absolute atomic E-state index is 12.3. The molecule has 0 bridgehead atoms. The lowest BCUT2D eigenvalue weighted by molar-refractivity contribution is -0.142. The summed E-state index contributed by atoms with van der Waals surface area (Å²) < 4.78 is 2.01. The molecular weight excluding hydrogens is 470 g/mol. The molecular formula is C27H29N7O3. The van der Waals surface area contributed by atoms with E-state index in [-0.39, 0.29) is 5.75 Å². The van der Waals surface area contributed by atoms with E-state index in [1.54, 1.807) is 31.5 Å². The molecule has 0 spiro atoms. The van der Waals surface area contributed by atoms with E-state index >= 15 is 0 Å². The monoisotopic (exact) mass is 499 g/mol. The number of pyridine rings is 1. The summed E-state index contributed by atoms with van der Waals surface area (Å²) >= 11 is 0. The number of carboxylic acid groups (broad SMARTS) is 1. The van der Waals surface area contributed by atoms with Crippen molar-refractivity contribution in [2.24, 2.45) is 0 Å². The number of carboxylic acids is 1. The highest BCUT2D eigenvalue weighted by Crippen LogP contribution is 2.38. The number of aliphatic carboxylic acids is 1. The van der Waals surface area contributed by atoms with Crippen molar-refractivity contribution >= 4 is 34.5 Å². The molecule has 10 heteroatoms. The van der Waals surface area contributed by atoms with E-state index in [2.05, 4.69) is 14.8 Å². The first-order chi connectivity index (χ1) is 17.9. The van der Waals surface area contributed by atoms with Crippen LogP contribution in [0.3, 0.4) is 0 Å². The van der Waals surface area contributed by atoms with Crippen LogP contribution in [-0.2, 0) is 4.79 Å². The van der Waals surface area contributed by atoms with Crippen LogP contribution in [0.5, 0.6) is 5.75 Å². The average Bonchev–Trinajstić information content (AvgIpc) is 3.54. The van der Waals surface area contributed by atoms with Gasteiger partial charge in [-0.25, -0.2) is 4.79 Å². The zero-order valence-corrected chi connectivity index (χ0v) is 20.7. The molecule has 1 atom stereocenters. The molecule has 2 aliphatic heterocycles. The summed E-state index contributed by atoms with van der Waals surface area (Å²) in [6, 6.07) is 13.1. The highest BCUT2D eigenvalue weighted by Gasteiger charge is 2.45. The summed E-state index contributed by atoms with van der Waals surface area (Å²) in [5.74, 6) is 0.677. The van der Waals surface area contributed by atoms with Crippen molar-refractivity contribution in [2.45, 2.75) is 25.3 Å². The second-order valence-electron chi connectivity index (χ2n) is 9.80. The van der Waals surface area contributed by atoms with Gasteiger partial charge in [0.15, 0.2) is 5.65 Å². The first kappa shape index (κ1) is 23.1. The van der Waals surface area contributed by atoms with E-state index in [1.807, 2.05) is 46.0 Å². The molecule has 0 aliphatic carbocycles. The predicted molar refractivity (Wildman–Crippen MR) is 142 cm³/mol. The van der Waals surface area contributed by atoms with Crippen LogP contribution in [0.1, 0.15) is 19.8 Å². The molecule has 4 aromatic rings. The third kappa shape index (κ3) is 3.98. The molecule has 0 amide bonds. The molecule has 37 heavy (non-hydrogen) atoms. The Kier molecular flexibility index (Phi) is 5.58. The quantitative estimate of drug-likeness (QED) is 0.427. The van der Waals surface area contributed by atoms with Crippen LogP contribution >= 0.6 is 0 Å². The number of rotatable bonds is 5. The molecule has 190 valence electrons. The maximum Gasteiger partial charge on any atom is 0.329 e. The summed E-state index contributed by atoms with van der Waals surface area (Å²) in [6.45, 7) is 5.42. The van der Waals surface area contributed by atoms with Gasteiger partial charge in [-0.1, -0.05) is 0 Å². The molecule has 3 aromatic heterocycles. The van der Waals surface area contributed by atoms with Crippen LogP contribution in [-0.4, -0.2) is 74.0 Å². The van der Waals surface area contributed by atoms with E-state index in [0.717, 1.165) is 55.0 Å². The van der Waals surface area contributed by atoms with E-state index in [4.69, 9.17) is 9.97 Å². The molecule has 0 radical (unpaired) electrons. The van der Waals surface area contributed by atoms with Gasteiger partial charge in [0.1, 0.15) is 17.1 Å². The number of aromatic hydroxyl groups is 1. The van der Waals surface area contributed by atoms with Gasteiger partial charge in [-0.05, 0) is 62.2 Å². The number of carbonyl (C=O) groups is 1. The number of phenols is 1. The van der Waals surface area contributed by atoms with E-state index in [0.29, 0.717) is 24.7 Å². The molecule has 6 rings (SSSR count). The Morgan fingerprint density at radius 3 is 2.30 bits per heavy atom. The van der Waals surface area contributed by atoms with Crippen LogP contribution in [0, 0.1) is 0 Å². The number of aromatic nitrogens is 4. The molecule has 10 nitrogen and oxygen atoms in total. The zero-order valence-electron chi connectivity index (χ0n) is 20.7. The van der Waals surface area contributed by atoms with Gasteiger partial charge in [-0.3, -0.25) is 4.98 Å². The smallest absolute Gasteiger partial charge is 0.329 e. The van der Waals surface area contributed by atoms with Gasteiger partial charge in [-0.15, -0.1) is 0 Å². The van der Waals surface area contributed by atoms with Gasteiger partial charge in [0.05, 0.1) is 11.1 Å². The molecule has 1 unspecified atom stereocenters. The fourth-order valence-electron chi connectivity index (χ4n) is 5.40. The summed E-state index contributed by atoms with van der Waals surface area (Å²) in [6.07, 6.45) is 6.81. The van der Waals surface area contributed by atoms with E-state index in [9.17, 15) is 15.0 Å². The van der Waals surface area contributed by atoms with Crippen molar-refractivity contribution in [2.75, 3.05) is 47.4 Å². The largest absolute Gasteiger partial charge is 0.508 e. The number of anilines is 3. The highest BCUT2D eigenvalue weighted by molar-refractivity contribution is 5.94. The molecule has 5 heterocycles. The Labute approximate surface area is 214 Å². The predicted octanol–water partition coefficient (Wildman–Crippen LogP) is 3.29. The summed E-state index contributed by atoms with van der Waals surface area (Å²) in [5, 5.41) is 20.6. The number of piperazine rings is 1. The second kappa shape index (κ2) is 8.95. The van der Waals surface area contributed by atoms with Gasteiger partial charge in [-0.2, -0.15) is 9.97 Å². The molecule has 0 saturated carbocycles. The minimum atomic E-state index is -1.02. The van der Waals surface area contributed by atoms with Crippen molar-refractivity contribution < 1.29 is 15.0 Å². The van der Waals surface area contributed by atoms with E-state index < -0.39 is 11.5 Å². The highest BCUT2D eigenvalue weighted by atomic mass is 16.4. The number of nitrogens with zero attached hydrogens (tertiary/aromatic N) is 7. The van der Waals surface area contributed by atoms with Gasteiger partial charge >= 0.3 is 5.97 Å². The Balaban J connectivity index is 1.40. The zero-order chi connectivity index (χ0) is 25.6. The topological polar surface area (TPSA) is 111 Å². The standard InChI is InChI=1S/C27H29N7O3/c1-27(25(36)37)10-2-13-34(27)24-22-9-14-33(20-7-11-28-12-8-20)23(22)29-26(30-24)32-17-15-31(16-18-32)19-3-5-21(35)6-4-19/h3-9,11-12,14,35H,2,10,13,15-18H2,1H3,(H,36,37). The van der Waals surface area contributed by atoms with Crippen LogP contribution in [0.15, 0.2) is 61.1 Å².